The topological polar surface area (TPSA) is 59.8 Å². The summed E-state index contributed by atoms with van der Waals surface area (Å²) in [4.78, 5) is 20.3. The van der Waals surface area contributed by atoms with Gasteiger partial charge in [-0.2, -0.15) is 0 Å². The van der Waals surface area contributed by atoms with Crippen molar-refractivity contribution in [3.63, 3.8) is 0 Å². The molecule has 1 saturated carbocycles. The number of carbonyl (C=O) groups excluding carboxylic acids is 1. The van der Waals surface area contributed by atoms with Crippen LogP contribution in [0.4, 0.5) is 10.2 Å². The highest BCUT2D eigenvalue weighted by Crippen LogP contribution is 2.40. The van der Waals surface area contributed by atoms with Gasteiger partial charge in [0.25, 0.3) is 5.91 Å². The van der Waals surface area contributed by atoms with Crippen molar-refractivity contribution in [2.24, 2.45) is 7.05 Å². The molecule has 0 atom stereocenters. The van der Waals surface area contributed by atoms with Crippen molar-refractivity contribution in [1.82, 2.24) is 14.5 Å². The van der Waals surface area contributed by atoms with Gasteiger partial charge < -0.3 is 9.88 Å². The summed E-state index contributed by atoms with van der Waals surface area (Å²) in [5, 5.41) is 4.46. The van der Waals surface area contributed by atoms with Gasteiger partial charge in [-0.3, -0.25) is 4.79 Å². The molecule has 0 unspecified atom stereocenters. The Bertz CT molecular complexity index is 959. The standard InChI is InChI=1S/C18H17FN4O/c1-11-20-10-15(23(11)2)12-3-4-13-9-21-16(8-14(13)7-12)22-17(24)18(19)5-6-18/h3-4,7-10H,5-6H2,1-2H3,(H,21,22,24). The number of rotatable bonds is 3. The number of carbonyl (C=O) groups is 1. The maximum Gasteiger partial charge on any atom is 0.263 e. The average molecular weight is 324 g/mol. The summed E-state index contributed by atoms with van der Waals surface area (Å²) in [7, 11) is 1.97. The fourth-order valence-corrected chi connectivity index (χ4v) is 2.70. The van der Waals surface area contributed by atoms with Crippen LogP contribution in [0.2, 0.25) is 0 Å². The van der Waals surface area contributed by atoms with E-state index in [1.54, 1.807) is 12.3 Å². The Balaban J connectivity index is 1.70. The van der Waals surface area contributed by atoms with Gasteiger partial charge in [0.1, 0.15) is 11.6 Å². The zero-order valence-corrected chi connectivity index (χ0v) is 13.5. The van der Waals surface area contributed by atoms with E-state index in [4.69, 9.17) is 0 Å². The van der Waals surface area contributed by atoms with E-state index < -0.39 is 11.6 Å². The van der Waals surface area contributed by atoms with E-state index in [0.29, 0.717) is 5.82 Å². The van der Waals surface area contributed by atoms with Gasteiger partial charge in [-0.15, -0.1) is 0 Å². The molecule has 24 heavy (non-hydrogen) atoms. The highest BCUT2D eigenvalue weighted by Gasteiger charge is 2.50. The van der Waals surface area contributed by atoms with Crippen LogP contribution in [0.1, 0.15) is 18.7 Å². The lowest BCUT2D eigenvalue weighted by molar-refractivity contribution is -0.122. The molecule has 3 aromatic rings. The first-order chi connectivity index (χ1) is 11.5. The van der Waals surface area contributed by atoms with Crippen LogP contribution in [0.3, 0.4) is 0 Å². The smallest absolute Gasteiger partial charge is 0.263 e. The number of aromatic nitrogens is 3. The van der Waals surface area contributed by atoms with Gasteiger partial charge in [0.2, 0.25) is 0 Å². The molecule has 6 heteroatoms. The monoisotopic (exact) mass is 324 g/mol. The van der Waals surface area contributed by atoms with E-state index in [2.05, 4.69) is 15.3 Å². The average Bonchev–Trinajstić information content (AvgIpc) is 3.24. The molecule has 1 fully saturated rings. The van der Waals surface area contributed by atoms with Crippen LogP contribution in [0.5, 0.6) is 0 Å². The molecule has 1 aromatic carbocycles. The van der Waals surface area contributed by atoms with Crippen LogP contribution in [-0.4, -0.2) is 26.1 Å². The molecule has 1 N–H and O–H groups in total. The van der Waals surface area contributed by atoms with Gasteiger partial charge in [0, 0.05) is 24.2 Å². The zero-order valence-electron chi connectivity index (χ0n) is 13.5. The summed E-state index contributed by atoms with van der Waals surface area (Å²) in [6.45, 7) is 1.95. The Morgan fingerprint density at radius 3 is 2.67 bits per heavy atom. The molecule has 5 nitrogen and oxygen atoms in total. The molecule has 0 saturated heterocycles. The van der Waals surface area contributed by atoms with E-state index in [0.717, 1.165) is 27.9 Å². The second-order valence-electron chi connectivity index (χ2n) is 6.30. The third-order valence-electron chi connectivity index (χ3n) is 4.58. The Hall–Kier alpha value is -2.76. The first kappa shape index (κ1) is 14.8. The predicted octanol–water partition coefficient (Wildman–Crippen LogP) is 3.38. The molecule has 2 aromatic heterocycles. The van der Waals surface area contributed by atoms with Gasteiger partial charge in [0.05, 0.1) is 11.9 Å². The summed E-state index contributed by atoms with van der Waals surface area (Å²) in [5.74, 6) is 0.702. The maximum absolute atomic E-state index is 13.8. The fourth-order valence-electron chi connectivity index (χ4n) is 2.70. The molecular formula is C18H17FN4O. The number of imidazole rings is 1. The van der Waals surface area contributed by atoms with E-state index in [1.807, 2.05) is 42.9 Å². The number of hydrogen-bond acceptors (Lipinski definition) is 3. The van der Waals surface area contributed by atoms with Crippen molar-refractivity contribution < 1.29 is 9.18 Å². The molecule has 1 aliphatic rings. The Morgan fingerprint density at radius 2 is 2.00 bits per heavy atom. The lowest BCUT2D eigenvalue weighted by atomic mass is 10.1. The molecule has 0 aliphatic heterocycles. The number of amides is 1. The van der Waals surface area contributed by atoms with Crippen LogP contribution in [-0.2, 0) is 11.8 Å². The number of anilines is 1. The minimum atomic E-state index is -1.70. The van der Waals surface area contributed by atoms with Crippen molar-refractivity contribution in [2.45, 2.75) is 25.4 Å². The first-order valence-electron chi connectivity index (χ1n) is 7.85. The highest BCUT2D eigenvalue weighted by atomic mass is 19.1. The Kier molecular flexibility index (Phi) is 3.16. The van der Waals surface area contributed by atoms with Crippen molar-refractivity contribution >= 4 is 22.5 Å². The van der Waals surface area contributed by atoms with Crippen LogP contribution in [0.25, 0.3) is 22.0 Å². The van der Waals surface area contributed by atoms with Crippen LogP contribution in [0.15, 0.2) is 36.7 Å². The molecule has 1 aliphatic carbocycles. The summed E-state index contributed by atoms with van der Waals surface area (Å²) < 4.78 is 15.8. The van der Waals surface area contributed by atoms with Crippen molar-refractivity contribution in [3.8, 4) is 11.3 Å². The number of aryl methyl sites for hydroxylation is 1. The van der Waals surface area contributed by atoms with E-state index in [-0.39, 0.29) is 12.8 Å². The molecular weight excluding hydrogens is 307 g/mol. The number of nitrogens with one attached hydrogen (secondary N) is 1. The second-order valence-corrected chi connectivity index (χ2v) is 6.30. The summed E-state index contributed by atoms with van der Waals surface area (Å²) in [6, 6.07) is 7.78. The zero-order chi connectivity index (χ0) is 16.9. The van der Waals surface area contributed by atoms with Crippen LogP contribution >= 0.6 is 0 Å². The minimum Gasteiger partial charge on any atom is -0.331 e. The van der Waals surface area contributed by atoms with Crippen molar-refractivity contribution in [2.75, 3.05) is 5.32 Å². The molecule has 122 valence electrons. The number of halogens is 1. The molecule has 2 heterocycles. The molecule has 4 rings (SSSR count). The van der Waals surface area contributed by atoms with E-state index in [1.165, 1.54) is 0 Å². The SMILES string of the molecule is Cc1ncc(-c2ccc3cnc(NC(=O)C4(F)CC4)cc3c2)n1C. The summed E-state index contributed by atoms with van der Waals surface area (Å²) in [6.07, 6.45) is 4.09. The Labute approximate surface area is 138 Å². The van der Waals surface area contributed by atoms with Crippen LogP contribution < -0.4 is 5.32 Å². The molecule has 1 amide bonds. The number of nitrogens with zero attached hydrogens (tertiary/aromatic N) is 3. The number of fused-ring (bicyclic) bond motifs is 1. The van der Waals surface area contributed by atoms with Gasteiger partial charge >= 0.3 is 0 Å². The summed E-state index contributed by atoms with van der Waals surface area (Å²) >= 11 is 0. The largest absolute Gasteiger partial charge is 0.331 e. The molecule has 0 radical (unpaired) electrons. The quantitative estimate of drug-likeness (QED) is 0.803. The number of hydrogen-bond donors (Lipinski definition) is 1. The highest BCUT2D eigenvalue weighted by molar-refractivity contribution is 6.00. The maximum atomic E-state index is 13.8. The lowest BCUT2D eigenvalue weighted by Gasteiger charge is -2.09. The third kappa shape index (κ3) is 2.44. The second kappa shape index (κ2) is 5.12. The third-order valence-corrected chi connectivity index (χ3v) is 4.58. The summed E-state index contributed by atoms with van der Waals surface area (Å²) in [5.41, 5.74) is 0.334. The molecule has 0 spiro atoms. The van der Waals surface area contributed by atoms with Crippen molar-refractivity contribution in [1.29, 1.82) is 0 Å². The Morgan fingerprint density at radius 1 is 1.21 bits per heavy atom. The van der Waals surface area contributed by atoms with E-state index in [9.17, 15) is 9.18 Å². The van der Waals surface area contributed by atoms with Gasteiger partial charge in [0.15, 0.2) is 5.67 Å². The minimum absolute atomic E-state index is 0.288. The fraction of sp³-hybridized carbons (Fsp3) is 0.278. The van der Waals surface area contributed by atoms with Crippen LogP contribution in [0, 0.1) is 6.92 Å². The normalized spacial score (nSPS) is 15.5. The van der Waals surface area contributed by atoms with Gasteiger partial charge in [-0.05, 0) is 37.3 Å². The molecule has 0 bridgehead atoms. The van der Waals surface area contributed by atoms with E-state index >= 15 is 0 Å². The number of benzene rings is 1. The van der Waals surface area contributed by atoms with Gasteiger partial charge in [-0.1, -0.05) is 12.1 Å². The lowest BCUT2D eigenvalue weighted by Crippen LogP contribution is -2.25. The van der Waals surface area contributed by atoms with Crippen molar-refractivity contribution in [3.05, 3.63) is 42.5 Å². The first-order valence-corrected chi connectivity index (χ1v) is 7.85. The predicted molar refractivity (Wildman–Crippen MR) is 90.4 cm³/mol. The number of alkyl halides is 1. The number of pyridine rings is 1. The van der Waals surface area contributed by atoms with Gasteiger partial charge in [-0.25, -0.2) is 14.4 Å².